The van der Waals surface area contributed by atoms with Crippen molar-refractivity contribution < 1.29 is 4.74 Å². The van der Waals surface area contributed by atoms with Crippen LogP contribution in [-0.4, -0.2) is 56.2 Å². The van der Waals surface area contributed by atoms with Crippen molar-refractivity contribution in [3.63, 3.8) is 0 Å². The first-order valence-electron chi connectivity index (χ1n) is 7.88. The lowest BCUT2D eigenvalue weighted by Crippen LogP contribution is -2.48. The summed E-state index contributed by atoms with van der Waals surface area (Å²) in [5.41, 5.74) is 2.57. The normalized spacial score (nSPS) is 18.5. The Morgan fingerprint density at radius 3 is 2.91 bits per heavy atom. The number of halogens is 1. The first-order valence-corrected chi connectivity index (χ1v) is 9.27. The van der Waals surface area contributed by atoms with Gasteiger partial charge in [0.2, 0.25) is 0 Å². The molecule has 0 aromatic heterocycles. The van der Waals surface area contributed by atoms with E-state index >= 15 is 0 Å². The van der Waals surface area contributed by atoms with E-state index in [9.17, 15) is 0 Å². The molecule has 1 N–H and O–H groups in total. The van der Waals surface area contributed by atoms with Crippen molar-refractivity contribution in [1.82, 2.24) is 10.2 Å². The highest BCUT2D eigenvalue weighted by Crippen LogP contribution is 2.24. The van der Waals surface area contributed by atoms with Crippen molar-refractivity contribution in [3.8, 4) is 0 Å². The van der Waals surface area contributed by atoms with E-state index in [0.29, 0.717) is 0 Å². The van der Waals surface area contributed by atoms with Gasteiger partial charge in [0, 0.05) is 20.1 Å². The van der Waals surface area contributed by atoms with Gasteiger partial charge in [0.1, 0.15) is 6.10 Å². The van der Waals surface area contributed by atoms with E-state index in [2.05, 4.69) is 52.7 Å². The largest absolute Gasteiger partial charge is 0.370 e. The molecule has 2 rings (SSSR count). The predicted molar refractivity (Wildman–Crippen MR) is 111 cm³/mol. The fourth-order valence-corrected chi connectivity index (χ4v) is 3.16. The summed E-state index contributed by atoms with van der Waals surface area (Å²) >= 11 is 1.88. The van der Waals surface area contributed by atoms with Crippen molar-refractivity contribution in [3.05, 3.63) is 35.4 Å². The van der Waals surface area contributed by atoms with Crippen LogP contribution < -0.4 is 5.32 Å². The third-order valence-electron chi connectivity index (χ3n) is 3.92. The molecule has 4 nitrogen and oxygen atoms in total. The minimum atomic E-state index is 0. The smallest absolute Gasteiger partial charge is 0.193 e. The molecule has 6 heteroatoms. The second-order valence-electron chi connectivity index (χ2n) is 5.48. The van der Waals surface area contributed by atoms with Gasteiger partial charge in [-0.15, -0.1) is 24.0 Å². The molecule has 1 heterocycles. The van der Waals surface area contributed by atoms with E-state index in [1.54, 1.807) is 0 Å². The van der Waals surface area contributed by atoms with Gasteiger partial charge >= 0.3 is 0 Å². The fraction of sp³-hybridized carbons (Fsp3) is 0.588. The Morgan fingerprint density at radius 2 is 2.22 bits per heavy atom. The molecule has 1 fully saturated rings. The molecule has 1 aliphatic heterocycles. The molecule has 1 saturated heterocycles. The Morgan fingerprint density at radius 1 is 1.43 bits per heavy atom. The maximum Gasteiger partial charge on any atom is 0.193 e. The quantitative estimate of drug-likeness (QED) is 0.324. The highest BCUT2D eigenvalue weighted by atomic mass is 127. The van der Waals surface area contributed by atoms with Crippen LogP contribution in [0.5, 0.6) is 0 Å². The van der Waals surface area contributed by atoms with Gasteiger partial charge in [-0.3, -0.25) is 4.99 Å². The van der Waals surface area contributed by atoms with Crippen LogP contribution in [-0.2, 0) is 4.74 Å². The summed E-state index contributed by atoms with van der Waals surface area (Å²) in [5, 5.41) is 3.47. The zero-order valence-electron chi connectivity index (χ0n) is 14.2. The molecule has 1 unspecified atom stereocenters. The summed E-state index contributed by atoms with van der Waals surface area (Å²) in [6.07, 6.45) is 3.43. The SMILES string of the molecule is CN=C(NCCCSC)N1CCOC(c2ccccc2C)C1.I. The molecule has 0 spiro atoms. The van der Waals surface area contributed by atoms with Gasteiger partial charge in [0.05, 0.1) is 13.2 Å². The van der Waals surface area contributed by atoms with Crippen molar-refractivity contribution in [1.29, 1.82) is 0 Å². The monoisotopic (exact) mass is 449 g/mol. The van der Waals surface area contributed by atoms with E-state index in [1.807, 2.05) is 18.8 Å². The molecule has 1 aliphatic rings. The lowest BCUT2D eigenvalue weighted by atomic mass is 10.0. The van der Waals surface area contributed by atoms with Gasteiger partial charge in [0.25, 0.3) is 0 Å². The summed E-state index contributed by atoms with van der Waals surface area (Å²) in [6, 6.07) is 8.47. The number of hydrogen-bond donors (Lipinski definition) is 1. The molecular formula is C17H28IN3OS. The van der Waals surface area contributed by atoms with E-state index in [1.165, 1.54) is 16.9 Å². The number of nitrogens with zero attached hydrogens (tertiary/aromatic N) is 2. The maximum atomic E-state index is 5.98. The number of ether oxygens (including phenoxy) is 1. The zero-order chi connectivity index (χ0) is 15.8. The number of aliphatic imine (C=N–C) groups is 1. The molecular weight excluding hydrogens is 421 g/mol. The highest BCUT2D eigenvalue weighted by Gasteiger charge is 2.24. The van der Waals surface area contributed by atoms with E-state index in [-0.39, 0.29) is 30.1 Å². The average Bonchev–Trinajstić information content (AvgIpc) is 2.55. The van der Waals surface area contributed by atoms with Crippen LogP contribution in [0.15, 0.2) is 29.3 Å². The number of hydrogen-bond acceptors (Lipinski definition) is 3. The van der Waals surface area contributed by atoms with Gasteiger partial charge in [-0.2, -0.15) is 11.8 Å². The number of aryl methyl sites for hydroxylation is 1. The minimum Gasteiger partial charge on any atom is -0.370 e. The van der Waals surface area contributed by atoms with Crippen molar-refractivity contribution >= 4 is 41.7 Å². The summed E-state index contributed by atoms with van der Waals surface area (Å²) in [5.74, 6) is 2.17. The van der Waals surface area contributed by atoms with Crippen molar-refractivity contribution in [2.75, 3.05) is 45.3 Å². The van der Waals surface area contributed by atoms with Crippen molar-refractivity contribution in [2.24, 2.45) is 4.99 Å². The number of rotatable bonds is 5. The highest BCUT2D eigenvalue weighted by molar-refractivity contribution is 14.0. The van der Waals surface area contributed by atoms with Gasteiger partial charge in [0.15, 0.2) is 5.96 Å². The van der Waals surface area contributed by atoms with Crippen LogP contribution in [0, 0.1) is 6.92 Å². The number of nitrogens with one attached hydrogen (secondary N) is 1. The second-order valence-corrected chi connectivity index (χ2v) is 6.47. The van der Waals surface area contributed by atoms with Crippen LogP contribution in [0.3, 0.4) is 0 Å². The fourth-order valence-electron chi connectivity index (χ4n) is 2.73. The number of thioether (sulfide) groups is 1. The molecule has 0 radical (unpaired) electrons. The number of morpholine rings is 1. The van der Waals surface area contributed by atoms with Crippen LogP contribution >= 0.6 is 35.7 Å². The van der Waals surface area contributed by atoms with Crippen LogP contribution in [0.25, 0.3) is 0 Å². The third-order valence-corrected chi connectivity index (χ3v) is 4.62. The Hall–Kier alpha value is -0.470. The van der Waals surface area contributed by atoms with E-state index < -0.39 is 0 Å². The summed E-state index contributed by atoms with van der Waals surface area (Å²) in [4.78, 5) is 6.73. The lowest BCUT2D eigenvalue weighted by molar-refractivity contribution is -0.00829. The first kappa shape index (κ1) is 20.6. The van der Waals surface area contributed by atoms with Gasteiger partial charge in [-0.1, -0.05) is 24.3 Å². The Balaban J connectivity index is 0.00000264. The number of benzene rings is 1. The Kier molecular flexibility index (Phi) is 9.97. The molecule has 0 bridgehead atoms. The zero-order valence-corrected chi connectivity index (χ0v) is 17.4. The van der Waals surface area contributed by atoms with Gasteiger partial charge in [-0.25, -0.2) is 0 Å². The molecule has 130 valence electrons. The van der Waals surface area contributed by atoms with Crippen molar-refractivity contribution in [2.45, 2.75) is 19.4 Å². The Labute approximate surface area is 161 Å². The van der Waals surface area contributed by atoms with Gasteiger partial charge < -0.3 is 15.0 Å². The van der Waals surface area contributed by atoms with Gasteiger partial charge in [-0.05, 0) is 36.5 Å². The summed E-state index contributed by atoms with van der Waals surface area (Å²) < 4.78 is 5.98. The topological polar surface area (TPSA) is 36.9 Å². The molecule has 23 heavy (non-hydrogen) atoms. The standard InChI is InChI=1S/C17H27N3OS.HI/c1-14-7-4-5-8-15(14)16-13-20(10-11-21-16)17(18-2)19-9-6-12-22-3;/h4-5,7-8,16H,6,9-13H2,1-3H3,(H,18,19);1H. The summed E-state index contributed by atoms with van der Waals surface area (Å²) in [7, 11) is 1.86. The van der Waals surface area contributed by atoms with E-state index in [0.717, 1.165) is 38.6 Å². The predicted octanol–water partition coefficient (Wildman–Crippen LogP) is 3.31. The lowest BCUT2D eigenvalue weighted by Gasteiger charge is -2.35. The third kappa shape index (κ3) is 6.15. The second kappa shape index (κ2) is 11.1. The molecule has 0 aliphatic carbocycles. The van der Waals surface area contributed by atoms with E-state index in [4.69, 9.17) is 4.74 Å². The average molecular weight is 449 g/mol. The first-order chi connectivity index (χ1) is 10.8. The number of guanidine groups is 1. The molecule has 0 amide bonds. The van der Waals surface area contributed by atoms with Crippen LogP contribution in [0.4, 0.5) is 0 Å². The van der Waals surface area contributed by atoms with Crippen LogP contribution in [0.2, 0.25) is 0 Å². The maximum absolute atomic E-state index is 5.98. The molecule has 1 aromatic carbocycles. The molecule has 1 aromatic rings. The Bertz CT molecular complexity index is 498. The molecule has 1 atom stereocenters. The van der Waals surface area contributed by atoms with Crippen LogP contribution in [0.1, 0.15) is 23.7 Å². The molecule has 0 saturated carbocycles. The minimum absolute atomic E-state index is 0. The summed E-state index contributed by atoms with van der Waals surface area (Å²) in [6.45, 7) is 5.61.